The van der Waals surface area contributed by atoms with Crippen molar-refractivity contribution in [3.8, 4) is 0 Å². The van der Waals surface area contributed by atoms with Gasteiger partial charge in [-0.2, -0.15) is 0 Å². The van der Waals surface area contributed by atoms with Crippen molar-refractivity contribution in [2.24, 2.45) is 5.73 Å². The van der Waals surface area contributed by atoms with Crippen molar-refractivity contribution in [3.63, 3.8) is 0 Å². The lowest BCUT2D eigenvalue weighted by Crippen LogP contribution is -2.23. The molecule has 0 aliphatic rings. The summed E-state index contributed by atoms with van der Waals surface area (Å²) in [7, 11) is 3.40. The van der Waals surface area contributed by atoms with E-state index in [0.29, 0.717) is 11.1 Å². The lowest BCUT2D eigenvalue weighted by atomic mass is 10.4. The third-order valence-corrected chi connectivity index (χ3v) is 2.43. The fourth-order valence-corrected chi connectivity index (χ4v) is 1.46. The van der Waals surface area contributed by atoms with Gasteiger partial charge in [-0.05, 0) is 6.92 Å². The maximum atomic E-state index is 11.2. The predicted octanol–water partition coefficient (Wildman–Crippen LogP) is 0.691. The van der Waals surface area contributed by atoms with E-state index in [1.54, 1.807) is 21.0 Å². The van der Waals surface area contributed by atoms with Gasteiger partial charge in [0.25, 0.3) is 5.22 Å². The molecule has 0 saturated heterocycles. The van der Waals surface area contributed by atoms with E-state index in [1.165, 1.54) is 16.7 Å². The quantitative estimate of drug-likeness (QED) is 0.807. The lowest BCUT2D eigenvalue weighted by Gasteiger charge is -2.07. The van der Waals surface area contributed by atoms with E-state index in [9.17, 15) is 4.79 Å². The Balaban J connectivity index is 0.00000225. The second kappa shape index (κ2) is 6.72. The first-order chi connectivity index (χ1) is 7.00. The van der Waals surface area contributed by atoms with E-state index >= 15 is 0 Å². The monoisotopic (exact) mass is 266 g/mol. The molecule has 0 radical (unpaired) electrons. The average Bonchev–Trinajstić information content (AvgIpc) is 2.62. The van der Waals surface area contributed by atoms with E-state index in [1.807, 2.05) is 0 Å². The van der Waals surface area contributed by atoms with Crippen molar-refractivity contribution in [1.82, 2.24) is 15.1 Å². The summed E-state index contributed by atoms with van der Waals surface area (Å²) < 4.78 is 5.22. The minimum atomic E-state index is -0.281. The maximum Gasteiger partial charge on any atom is 0.277 e. The van der Waals surface area contributed by atoms with Gasteiger partial charge >= 0.3 is 0 Å². The number of nitrogens with zero attached hydrogens (tertiary/aromatic N) is 3. The zero-order valence-electron chi connectivity index (χ0n) is 9.34. The summed E-state index contributed by atoms with van der Waals surface area (Å²) in [6.45, 7) is 1.76. The molecule has 6 nitrogen and oxygen atoms in total. The lowest BCUT2D eigenvalue weighted by molar-refractivity contribution is -0.125. The Hall–Kier alpha value is -0.790. The molecular formula is C8H15ClN4O2S. The zero-order valence-corrected chi connectivity index (χ0v) is 11.0. The first-order valence-corrected chi connectivity index (χ1v) is 5.41. The minimum absolute atomic E-state index is 0. The second-order valence-electron chi connectivity index (χ2n) is 3.27. The van der Waals surface area contributed by atoms with Crippen LogP contribution in [-0.4, -0.2) is 40.9 Å². The number of thioether (sulfide) groups is 1. The van der Waals surface area contributed by atoms with Crippen LogP contribution in [0.15, 0.2) is 9.64 Å². The highest BCUT2D eigenvalue weighted by Gasteiger charge is 2.12. The summed E-state index contributed by atoms with van der Waals surface area (Å²) >= 11 is 1.21. The van der Waals surface area contributed by atoms with Gasteiger partial charge < -0.3 is 15.1 Å². The molecule has 0 fully saturated rings. The molecular weight excluding hydrogens is 252 g/mol. The zero-order chi connectivity index (χ0) is 11.4. The first kappa shape index (κ1) is 15.2. The Morgan fingerprint density at radius 3 is 2.62 bits per heavy atom. The van der Waals surface area contributed by atoms with Crippen molar-refractivity contribution < 1.29 is 9.21 Å². The summed E-state index contributed by atoms with van der Waals surface area (Å²) in [6.07, 6.45) is 0. The van der Waals surface area contributed by atoms with Crippen molar-refractivity contribution in [3.05, 3.63) is 5.89 Å². The number of amides is 1. The number of nitrogens with two attached hydrogens (primary N) is 1. The van der Waals surface area contributed by atoms with Crippen molar-refractivity contribution in [2.75, 3.05) is 19.8 Å². The van der Waals surface area contributed by atoms with Gasteiger partial charge in [-0.15, -0.1) is 22.6 Å². The van der Waals surface area contributed by atoms with Crippen LogP contribution in [0.2, 0.25) is 0 Å². The molecule has 0 aliphatic carbocycles. The van der Waals surface area contributed by atoms with Gasteiger partial charge in [0.15, 0.2) is 0 Å². The molecule has 1 atom stereocenters. The van der Waals surface area contributed by atoms with Crippen LogP contribution in [0, 0.1) is 0 Å². The average molecular weight is 267 g/mol. The molecule has 0 aromatic carbocycles. The van der Waals surface area contributed by atoms with Gasteiger partial charge in [0.2, 0.25) is 11.8 Å². The topological polar surface area (TPSA) is 85.2 Å². The van der Waals surface area contributed by atoms with Crippen LogP contribution >= 0.6 is 24.2 Å². The molecule has 0 saturated carbocycles. The molecule has 1 heterocycles. The third-order valence-electron chi connectivity index (χ3n) is 1.63. The van der Waals surface area contributed by atoms with Crippen LogP contribution < -0.4 is 5.73 Å². The summed E-state index contributed by atoms with van der Waals surface area (Å²) in [5.74, 6) is 0.670. The van der Waals surface area contributed by atoms with Gasteiger partial charge in [-0.1, -0.05) is 11.8 Å². The highest BCUT2D eigenvalue weighted by molar-refractivity contribution is 7.99. The van der Waals surface area contributed by atoms with Gasteiger partial charge in [0.05, 0.1) is 11.8 Å². The molecule has 0 bridgehead atoms. The molecule has 1 aromatic rings. The Bertz CT molecular complexity index is 343. The number of halogens is 1. The van der Waals surface area contributed by atoms with Crippen LogP contribution in [-0.2, 0) is 4.79 Å². The number of carbonyl (C=O) groups excluding carboxylic acids is 1. The van der Waals surface area contributed by atoms with E-state index in [4.69, 9.17) is 10.2 Å². The molecule has 16 heavy (non-hydrogen) atoms. The van der Waals surface area contributed by atoms with E-state index in [-0.39, 0.29) is 30.1 Å². The normalized spacial score (nSPS) is 11.8. The standard InChI is InChI=1S/C8H14N4O2S.ClH/c1-5(9)7-10-11-8(14-7)15-4-6(13)12(2)3;/h5H,4,9H2,1-3H3;1H/t5-;/m0./s1. The SMILES string of the molecule is C[C@H](N)c1nnc(SCC(=O)N(C)C)o1.Cl. The highest BCUT2D eigenvalue weighted by atomic mass is 35.5. The van der Waals surface area contributed by atoms with Crippen molar-refractivity contribution in [1.29, 1.82) is 0 Å². The Kier molecular flexibility index (Phi) is 6.39. The number of rotatable bonds is 4. The Labute approximate surface area is 104 Å². The molecule has 2 N–H and O–H groups in total. The van der Waals surface area contributed by atoms with Crippen molar-refractivity contribution >= 4 is 30.1 Å². The summed E-state index contributed by atoms with van der Waals surface area (Å²) in [6, 6.07) is -0.281. The second-order valence-corrected chi connectivity index (χ2v) is 4.20. The van der Waals surface area contributed by atoms with Crippen LogP contribution in [0.25, 0.3) is 0 Å². The Morgan fingerprint density at radius 2 is 2.19 bits per heavy atom. The molecule has 1 rings (SSSR count). The fourth-order valence-electron chi connectivity index (χ4n) is 0.715. The predicted molar refractivity (Wildman–Crippen MR) is 63.6 cm³/mol. The van der Waals surface area contributed by atoms with Crippen LogP contribution in [0.4, 0.5) is 0 Å². The van der Waals surface area contributed by atoms with Crippen LogP contribution in [0.5, 0.6) is 0 Å². The van der Waals surface area contributed by atoms with Crippen LogP contribution in [0.3, 0.4) is 0 Å². The van der Waals surface area contributed by atoms with Crippen molar-refractivity contribution in [2.45, 2.75) is 18.2 Å². The molecule has 0 spiro atoms. The maximum absolute atomic E-state index is 11.2. The number of aromatic nitrogens is 2. The van der Waals surface area contributed by atoms with E-state index in [0.717, 1.165) is 0 Å². The number of carbonyl (C=O) groups is 1. The Morgan fingerprint density at radius 1 is 1.56 bits per heavy atom. The fraction of sp³-hybridized carbons (Fsp3) is 0.625. The van der Waals surface area contributed by atoms with Gasteiger partial charge in [-0.3, -0.25) is 4.79 Å². The molecule has 0 unspecified atom stereocenters. The summed E-state index contributed by atoms with van der Waals surface area (Å²) in [4.78, 5) is 12.8. The van der Waals surface area contributed by atoms with Crippen LogP contribution in [0.1, 0.15) is 18.9 Å². The third kappa shape index (κ3) is 4.38. The molecule has 1 aromatic heterocycles. The molecule has 1 amide bonds. The number of hydrogen-bond acceptors (Lipinski definition) is 6. The number of hydrogen-bond donors (Lipinski definition) is 1. The highest BCUT2D eigenvalue weighted by Crippen LogP contribution is 2.18. The summed E-state index contributed by atoms with van der Waals surface area (Å²) in [5, 5.41) is 7.89. The van der Waals surface area contributed by atoms with Gasteiger partial charge in [0.1, 0.15) is 0 Å². The van der Waals surface area contributed by atoms with E-state index in [2.05, 4.69) is 10.2 Å². The summed E-state index contributed by atoms with van der Waals surface area (Å²) in [5.41, 5.74) is 5.55. The molecule has 92 valence electrons. The molecule has 0 aliphatic heterocycles. The smallest absolute Gasteiger partial charge is 0.277 e. The molecule has 8 heteroatoms. The van der Waals surface area contributed by atoms with Gasteiger partial charge in [-0.25, -0.2) is 0 Å². The minimum Gasteiger partial charge on any atom is -0.414 e. The first-order valence-electron chi connectivity index (χ1n) is 4.42. The largest absolute Gasteiger partial charge is 0.414 e. The van der Waals surface area contributed by atoms with Gasteiger partial charge in [0, 0.05) is 14.1 Å². The van der Waals surface area contributed by atoms with E-state index < -0.39 is 0 Å².